The highest BCUT2D eigenvalue weighted by Gasteiger charge is 2.31. The monoisotopic (exact) mass is 290 g/mol. The highest BCUT2D eigenvalue weighted by molar-refractivity contribution is 8.00. The van der Waals surface area contributed by atoms with Crippen molar-refractivity contribution in [2.75, 3.05) is 18.6 Å². The Balaban J connectivity index is 1.71. The van der Waals surface area contributed by atoms with Gasteiger partial charge in [-0.1, -0.05) is 17.3 Å². The molecule has 104 valence electrons. The molecule has 1 unspecified atom stereocenters. The first-order valence-electron chi connectivity index (χ1n) is 6.32. The number of hydrogen-bond donors (Lipinski definition) is 0. The molecule has 3 rings (SSSR count). The number of Topliss-reactive ketones (excluding diaryl/α,β-unsaturated/α-hetero) is 1. The van der Waals surface area contributed by atoms with Gasteiger partial charge in [0, 0.05) is 12.2 Å². The molecule has 5 nitrogen and oxygen atoms in total. The van der Waals surface area contributed by atoms with Gasteiger partial charge in [0.05, 0.1) is 12.9 Å². The van der Waals surface area contributed by atoms with E-state index in [-0.39, 0.29) is 11.7 Å². The van der Waals surface area contributed by atoms with E-state index in [0.717, 1.165) is 17.1 Å². The van der Waals surface area contributed by atoms with Crippen molar-refractivity contribution in [3.8, 4) is 5.75 Å². The molecule has 2 aromatic rings. The van der Waals surface area contributed by atoms with Crippen LogP contribution in [-0.4, -0.2) is 34.5 Å². The van der Waals surface area contributed by atoms with Crippen LogP contribution in [-0.2, 0) is 11.2 Å². The zero-order valence-corrected chi connectivity index (χ0v) is 11.9. The van der Waals surface area contributed by atoms with Crippen LogP contribution < -0.4 is 4.74 Å². The van der Waals surface area contributed by atoms with Gasteiger partial charge in [0.15, 0.2) is 11.6 Å². The van der Waals surface area contributed by atoms with Gasteiger partial charge in [-0.05, 0) is 17.7 Å². The van der Waals surface area contributed by atoms with Crippen molar-refractivity contribution in [3.63, 3.8) is 0 Å². The van der Waals surface area contributed by atoms with Crippen LogP contribution in [0.4, 0.5) is 0 Å². The van der Waals surface area contributed by atoms with Gasteiger partial charge < -0.3 is 9.26 Å². The molecule has 0 spiro atoms. The van der Waals surface area contributed by atoms with Crippen LogP contribution in [0.25, 0.3) is 0 Å². The largest absolute Gasteiger partial charge is 0.497 e. The minimum atomic E-state index is -0.225. The Hall–Kier alpha value is -1.82. The summed E-state index contributed by atoms with van der Waals surface area (Å²) in [5.74, 6) is 3.10. The fraction of sp³-hybridized carbons (Fsp3) is 0.357. The zero-order valence-electron chi connectivity index (χ0n) is 11.0. The number of thioether (sulfide) groups is 1. The summed E-state index contributed by atoms with van der Waals surface area (Å²) in [6.07, 6.45) is 0.585. The predicted octanol–water partition coefficient (Wildman–Crippen LogP) is 2.07. The van der Waals surface area contributed by atoms with Crippen LogP contribution in [0.1, 0.15) is 23.2 Å². The van der Waals surface area contributed by atoms with Crippen LogP contribution >= 0.6 is 11.8 Å². The lowest BCUT2D eigenvalue weighted by molar-refractivity contribution is -0.117. The van der Waals surface area contributed by atoms with Crippen molar-refractivity contribution in [2.45, 2.75) is 12.3 Å². The molecule has 1 saturated heterocycles. The number of carbonyl (C=O) groups is 1. The molecule has 0 bridgehead atoms. The van der Waals surface area contributed by atoms with Gasteiger partial charge in [-0.25, -0.2) is 0 Å². The summed E-state index contributed by atoms with van der Waals surface area (Å²) in [5, 5.41) is 3.95. The Bertz CT molecular complexity index is 609. The van der Waals surface area contributed by atoms with Crippen LogP contribution in [0.5, 0.6) is 5.75 Å². The molecule has 6 heteroatoms. The Morgan fingerprint density at radius 3 is 2.85 bits per heavy atom. The second-order valence-electron chi connectivity index (χ2n) is 4.61. The number of rotatable bonds is 4. The topological polar surface area (TPSA) is 65.2 Å². The quantitative estimate of drug-likeness (QED) is 0.859. The van der Waals surface area contributed by atoms with Crippen molar-refractivity contribution in [1.29, 1.82) is 0 Å². The lowest BCUT2D eigenvalue weighted by atomic mass is 10.1. The zero-order chi connectivity index (χ0) is 13.9. The number of carbonyl (C=O) groups excluding carboxylic acids is 1. The maximum atomic E-state index is 11.7. The van der Waals surface area contributed by atoms with Crippen molar-refractivity contribution < 1.29 is 14.1 Å². The smallest absolute Gasteiger partial charge is 0.238 e. The third-order valence-corrected chi connectivity index (χ3v) is 4.28. The van der Waals surface area contributed by atoms with E-state index in [1.165, 1.54) is 0 Å². The summed E-state index contributed by atoms with van der Waals surface area (Å²) in [7, 11) is 1.64. The molecule has 1 aliphatic rings. The summed E-state index contributed by atoms with van der Waals surface area (Å²) < 4.78 is 10.3. The van der Waals surface area contributed by atoms with Gasteiger partial charge in [-0.15, -0.1) is 0 Å². The summed E-state index contributed by atoms with van der Waals surface area (Å²) in [5.41, 5.74) is 1.07. The standard InChI is InChI=1S/C14H14N2O3S/c1-18-10-4-2-9(3-5-10)6-13-15-14(19-16-13)11-7-20-8-12(11)17/h2-5,11H,6-8H2,1H3. The molecular weight excluding hydrogens is 276 g/mol. The van der Waals surface area contributed by atoms with E-state index in [4.69, 9.17) is 9.26 Å². The van der Waals surface area contributed by atoms with Gasteiger partial charge in [-0.2, -0.15) is 16.7 Å². The van der Waals surface area contributed by atoms with Crippen LogP contribution in [0.2, 0.25) is 0 Å². The fourth-order valence-electron chi connectivity index (χ4n) is 2.09. The van der Waals surface area contributed by atoms with Crippen molar-refractivity contribution in [2.24, 2.45) is 0 Å². The highest BCUT2D eigenvalue weighted by atomic mass is 32.2. The van der Waals surface area contributed by atoms with E-state index in [9.17, 15) is 4.79 Å². The number of nitrogens with zero attached hydrogens (tertiary/aromatic N) is 2. The number of ether oxygens (including phenoxy) is 1. The molecule has 0 amide bonds. The molecule has 1 atom stereocenters. The number of hydrogen-bond acceptors (Lipinski definition) is 6. The van der Waals surface area contributed by atoms with Gasteiger partial charge in [0.25, 0.3) is 0 Å². The van der Waals surface area contributed by atoms with E-state index in [2.05, 4.69) is 10.1 Å². The lowest BCUT2D eigenvalue weighted by Gasteiger charge is -2.00. The first kappa shape index (κ1) is 13.2. The minimum absolute atomic E-state index is 0.176. The Kier molecular flexibility index (Phi) is 3.73. The molecule has 1 aliphatic heterocycles. The highest BCUT2D eigenvalue weighted by Crippen LogP contribution is 2.28. The van der Waals surface area contributed by atoms with Gasteiger partial charge >= 0.3 is 0 Å². The van der Waals surface area contributed by atoms with E-state index < -0.39 is 0 Å². The van der Waals surface area contributed by atoms with Gasteiger partial charge in [-0.3, -0.25) is 4.79 Å². The second kappa shape index (κ2) is 5.66. The normalized spacial score (nSPS) is 18.4. The van der Waals surface area contributed by atoms with Gasteiger partial charge in [0.1, 0.15) is 11.7 Å². The summed E-state index contributed by atoms with van der Waals surface area (Å²) >= 11 is 1.61. The molecule has 2 heterocycles. The average molecular weight is 290 g/mol. The molecule has 1 fully saturated rings. The molecule has 20 heavy (non-hydrogen) atoms. The third-order valence-electron chi connectivity index (χ3n) is 3.22. The Morgan fingerprint density at radius 2 is 2.20 bits per heavy atom. The molecule has 0 saturated carbocycles. The van der Waals surface area contributed by atoms with E-state index in [1.54, 1.807) is 18.9 Å². The average Bonchev–Trinajstić information content (AvgIpc) is 3.08. The van der Waals surface area contributed by atoms with Crippen molar-refractivity contribution in [1.82, 2.24) is 10.1 Å². The SMILES string of the molecule is COc1ccc(Cc2noc(C3CSCC3=O)n2)cc1. The van der Waals surface area contributed by atoms with E-state index in [1.807, 2.05) is 24.3 Å². The molecule has 0 radical (unpaired) electrons. The summed E-state index contributed by atoms with van der Waals surface area (Å²) in [6, 6.07) is 7.72. The van der Waals surface area contributed by atoms with Crippen molar-refractivity contribution >= 4 is 17.5 Å². The van der Waals surface area contributed by atoms with Crippen molar-refractivity contribution in [3.05, 3.63) is 41.5 Å². The maximum Gasteiger partial charge on any atom is 0.238 e. The Labute approximate surface area is 120 Å². The lowest BCUT2D eigenvalue weighted by Crippen LogP contribution is -2.09. The molecule has 0 N–H and O–H groups in total. The third kappa shape index (κ3) is 2.70. The maximum absolute atomic E-state index is 11.7. The minimum Gasteiger partial charge on any atom is -0.497 e. The van der Waals surface area contributed by atoms with Crippen LogP contribution in [0, 0.1) is 0 Å². The van der Waals surface area contributed by atoms with Gasteiger partial charge in [0.2, 0.25) is 5.89 Å². The molecule has 1 aromatic heterocycles. The Morgan fingerprint density at radius 1 is 1.40 bits per heavy atom. The van der Waals surface area contributed by atoms with Crippen LogP contribution in [0.3, 0.4) is 0 Å². The first-order chi connectivity index (χ1) is 9.76. The first-order valence-corrected chi connectivity index (χ1v) is 7.47. The number of methoxy groups -OCH3 is 1. The number of benzene rings is 1. The van der Waals surface area contributed by atoms with E-state index in [0.29, 0.717) is 23.9 Å². The molecule has 1 aromatic carbocycles. The second-order valence-corrected chi connectivity index (χ2v) is 5.64. The predicted molar refractivity (Wildman–Crippen MR) is 75.2 cm³/mol. The molecule has 0 aliphatic carbocycles. The molecular formula is C14H14N2O3S. The number of aromatic nitrogens is 2. The summed E-state index contributed by atoms with van der Waals surface area (Å²) in [6.45, 7) is 0. The summed E-state index contributed by atoms with van der Waals surface area (Å²) in [4.78, 5) is 16.0. The number of ketones is 1. The van der Waals surface area contributed by atoms with Crippen LogP contribution in [0.15, 0.2) is 28.8 Å². The van der Waals surface area contributed by atoms with E-state index >= 15 is 0 Å². The fourth-order valence-corrected chi connectivity index (χ4v) is 3.17.